The number of nitrogens with zero attached hydrogens (tertiary/aromatic N) is 1. The number of amides is 1. The highest BCUT2D eigenvalue weighted by molar-refractivity contribution is 5.94. The van der Waals surface area contributed by atoms with E-state index in [1.165, 1.54) is 24.5 Å². The summed E-state index contributed by atoms with van der Waals surface area (Å²) in [5.41, 5.74) is 1.04. The van der Waals surface area contributed by atoms with Crippen LogP contribution in [0.5, 0.6) is 0 Å². The van der Waals surface area contributed by atoms with Crippen LogP contribution >= 0.6 is 0 Å². The summed E-state index contributed by atoms with van der Waals surface area (Å²) >= 11 is 0. The quantitative estimate of drug-likeness (QED) is 0.781. The summed E-state index contributed by atoms with van der Waals surface area (Å²) in [6.45, 7) is 0.570. The molecule has 5 nitrogen and oxygen atoms in total. The third kappa shape index (κ3) is 2.94. The minimum atomic E-state index is -0.450. The molecule has 4 rings (SSSR count). The lowest BCUT2D eigenvalue weighted by molar-refractivity contribution is 0.0734. The molecule has 3 heterocycles. The molecule has 2 aromatic heterocycles. The highest BCUT2D eigenvalue weighted by atomic mass is 19.1. The van der Waals surface area contributed by atoms with Crippen molar-refractivity contribution in [3.63, 3.8) is 0 Å². The van der Waals surface area contributed by atoms with Crippen LogP contribution in [0.2, 0.25) is 0 Å². The Bertz CT molecular complexity index is 977. The maximum Gasteiger partial charge on any atom is 0.261 e. The first-order valence-corrected chi connectivity index (χ1v) is 8.47. The van der Waals surface area contributed by atoms with Crippen LogP contribution in [0.1, 0.15) is 34.8 Å². The van der Waals surface area contributed by atoms with Crippen molar-refractivity contribution in [1.82, 2.24) is 9.88 Å². The van der Waals surface area contributed by atoms with E-state index in [0.29, 0.717) is 18.0 Å². The molecule has 1 atom stereocenters. The Kier molecular flexibility index (Phi) is 4.16. The number of benzene rings is 1. The van der Waals surface area contributed by atoms with E-state index in [-0.39, 0.29) is 23.3 Å². The van der Waals surface area contributed by atoms with Crippen LogP contribution in [0.4, 0.5) is 4.39 Å². The number of H-pyrrole nitrogens is 1. The van der Waals surface area contributed by atoms with E-state index in [2.05, 4.69) is 4.98 Å². The van der Waals surface area contributed by atoms with E-state index >= 15 is 0 Å². The number of carbonyl (C=O) groups is 1. The number of hydrogen-bond donors (Lipinski definition) is 1. The van der Waals surface area contributed by atoms with Gasteiger partial charge in [-0.15, -0.1) is 0 Å². The van der Waals surface area contributed by atoms with Crippen molar-refractivity contribution < 1.29 is 13.6 Å². The Morgan fingerprint density at radius 2 is 1.96 bits per heavy atom. The van der Waals surface area contributed by atoms with Gasteiger partial charge in [-0.1, -0.05) is 12.1 Å². The van der Waals surface area contributed by atoms with Crippen LogP contribution < -0.4 is 5.56 Å². The number of halogens is 1. The van der Waals surface area contributed by atoms with E-state index in [0.717, 1.165) is 18.4 Å². The first-order valence-electron chi connectivity index (χ1n) is 8.47. The zero-order valence-electron chi connectivity index (χ0n) is 13.9. The average Bonchev–Trinajstić information content (AvgIpc) is 3.34. The van der Waals surface area contributed by atoms with E-state index in [9.17, 15) is 14.0 Å². The average molecular weight is 352 g/mol. The molecule has 3 aromatic rings. The van der Waals surface area contributed by atoms with Crippen molar-refractivity contribution >= 4 is 5.91 Å². The molecule has 0 bridgehead atoms. The lowest BCUT2D eigenvalue weighted by Crippen LogP contribution is -2.34. The molecule has 1 aromatic carbocycles. The van der Waals surface area contributed by atoms with Gasteiger partial charge in [-0.3, -0.25) is 9.59 Å². The fraction of sp³-hybridized carbons (Fsp3) is 0.200. The second-order valence-corrected chi connectivity index (χ2v) is 6.30. The minimum absolute atomic E-state index is 0.0920. The van der Waals surface area contributed by atoms with Crippen LogP contribution in [0, 0.1) is 5.82 Å². The molecule has 0 saturated carbocycles. The molecule has 1 aliphatic rings. The number of likely N-dealkylation sites (tertiary alicyclic amines) is 1. The number of hydrogen-bond acceptors (Lipinski definition) is 3. The zero-order chi connectivity index (χ0) is 18.1. The Labute approximate surface area is 149 Å². The molecular weight excluding hydrogens is 335 g/mol. The molecule has 1 aliphatic heterocycles. The number of nitrogens with one attached hydrogen (secondary N) is 1. The molecule has 0 aliphatic carbocycles. The summed E-state index contributed by atoms with van der Waals surface area (Å²) in [7, 11) is 0. The third-order valence-electron chi connectivity index (χ3n) is 4.69. The van der Waals surface area contributed by atoms with Crippen molar-refractivity contribution in [1.29, 1.82) is 0 Å². The van der Waals surface area contributed by atoms with Crippen LogP contribution in [-0.4, -0.2) is 22.3 Å². The van der Waals surface area contributed by atoms with Crippen LogP contribution in [-0.2, 0) is 0 Å². The van der Waals surface area contributed by atoms with Gasteiger partial charge in [0.2, 0.25) is 0 Å². The first-order chi connectivity index (χ1) is 12.6. The van der Waals surface area contributed by atoms with Gasteiger partial charge in [0, 0.05) is 6.54 Å². The molecule has 1 fully saturated rings. The summed E-state index contributed by atoms with van der Waals surface area (Å²) in [4.78, 5) is 29.7. The standard InChI is InChI=1S/C20H17FN2O3/c21-14-7-5-13(6-8-14)17-3-1-11-23(17)20(25)15-9-10-16(22-19(15)24)18-4-2-12-26-18/h2,4-10,12,17H,1,3,11H2,(H,22,24). The van der Waals surface area contributed by atoms with Crippen molar-refractivity contribution in [2.24, 2.45) is 0 Å². The van der Waals surface area contributed by atoms with Crippen molar-refractivity contribution in [3.05, 3.63) is 82.1 Å². The van der Waals surface area contributed by atoms with Crippen LogP contribution in [0.25, 0.3) is 11.5 Å². The highest BCUT2D eigenvalue weighted by Crippen LogP contribution is 2.33. The maximum atomic E-state index is 13.2. The van der Waals surface area contributed by atoms with Gasteiger partial charge in [-0.2, -0.15) is 0 Å². The largest absolute Gasteiger partial charge is 0.463 e. The molecule has 1 N–H and O–H groups in total. The number of rotatable bonds is 3. The van der Waals surface area contributed by atoms with Gasteiger partial charge >= 0.3 is 0 Å². The van der Waals surface area contributed by atoms with Gasteiger partial charge in [0.25, 0.3) is 11.5 Å². The highest BCUT2D eigenvalue weighted by Gasteiger charge is 2.31. The summed E-state index contributed by atoms with van der Waals surface area (Å²) in [5, 5.41) is 0. The van der Waals surface area contributed by atoms with Crippen molar-refractivity contribution in [2.75, 3.05) is 6.54 Å². The second kappa shape index (κ2) is 6.63. The number of aromatic amines is 1. The van der Waals surface area contributed by atoms with Crippen LogP contribution in [0.15, 0.2) is 64.0 Å². The third-order valence-corrected chi connectivity index (χ3v) is 4.69. The SMILES string of the molecule is O=C(c1ccc(-c2ccco2)[nH]c1=O)N1CCCC1c1ccc(F)cc1. The van der Waals surface area contributed by atoms with Crippen molar-refractivity contribution in [2.45, 2.75) is 18.9 Å². The number of furan rings is 1. The molecule has 1 saturated heterocycles. The molecule has 132 valence electrons. The Morgan fingerprint density at radius 3 is 2.65 bits per heavy atom. The fourth-order valence-electron chi connectivity index (χ4n) is 3.41. The zero-order valence-corrected chi connectivity index (χ0v) is 13.9. The van der Waals surface area contributed by atoms with Crippen molar-refractivity contribution in [3.8, 4) is 11.5 Å². The molecule has 26 heavy (non-hydrogen) atoms. The van der Waals surface area contributed by atoms with E-state index in [1.54, 1.807) is 35.2 Å². The molecule has 1 unspecified atom stereocenters. The summed E-state index contributed by atoms with van der Waals surface area (Å²) in [6, 6.07) is 12.7. The molecule has 0 radical (unpaired) electrons. The number of carbonyl (C=O) groups excluding carboxylic acids is 1. The Balaban J connectivity index is 1.62. The van der Waals surface area contributed by atoms with Gasteiger partial charge in [-0.25, -0.2) is 4.39 Å². The normalized spacial score (nSPS) is 16.8. The molecule has 0 spiro atoms. The van der Waals surface area contributed by atoms with E-state index in [1.807, 2.05) is 0 Å². The smallest absolute Gasteiger partial charge is 0.261 e. The lowest BCUT2D eigenvalue weighted by atomic mass is 10.0. The molecule has 1 amide bonds. The number of pyridine rings is 1. The fourth-order valence-corrected chi connectivity index (χ4v) is 3.41. The maximum absolute atomic E-state index is 13.2. The summed E-state index contributed by atoms with van der Waals surface area (Å²) < 4.78 is 18.4. The topological polar surface area (TPSA) is 66.3 Å². The second-order valence-electron chi connectivity index (χ2n) is 6.30. The Hall–Kier alpha value is -3.15. The predicted octanol–water partition coefficient (Wildman–Crippen LogP) is 3.75. The van der Waals surface area contributed by atoms with E-state index < -0.39 is 5.56 Å². The lowest BCUT2D eigenvalue weighted by Gasteiger charge is -2.25. The van der Waals surface area contributed by atoms with Gasteiger partial charge < -0.3 is 14.3 Å². The first kappa shape index (κ1) is 16.3. The Morgan fingerprint density at radius 1 is 1.15 bits per heavy atom. The van der Waals surface area contributed by atoms with Gasteiger partial charge in [0.1, 0.15) is 17.1 Å². The van der Waals surface area contributed by atoms with Gasteiger partial charge in [-0.05, 0) is 54.8 Å². The van der Waals surface area contributed by atoms with Crippen LogP contribution in [0.3, 0.4) is 0 Å². The minimum Gasteiger partial charge on any atom is -0.463 e. The summed E-state index contributed by atoms with van der Waals surface area (Å²) in [5.74, 6) is -0.0925. The summed E-state index contributed by atoms with van der Waals surface area (Å²) in [6.07, 6.45) is 3.15. The predicted molar refractivity (Wildman–Crippen MR) is 94.2 cm³/mol. The molecule has 6 heteroatoms. The molecular formula is C20H17FN2O3. The van der Waals surface area contributed by atoms with E-state index in [4.69, 9.17) is 4.42 Å². The van der Waals surface area contributed by atoms with Gasteiger partial charge in [0.15, 0.2) is 0 Å². The monoisotopic (exact) mass is 352 g/mol. The van der Waals surface area contributed by atoms with Gasteiger partial charge in [0.05, 0.1) is 18.0 Å². The number of aromatic nitrogens is 1.